The second kappa shape index (κ2) is 6.86. The smallest absolute Gasteiger partial charge is 0.249 e. The van der Waals surface area contributed by atoms with E-state index in [1.165, 1.54) is 10.9 Å². The Labute approximate surface area is 138 Å². The summed E-state index contributed by atoms with van der Waals surface area (Å²) >= 11 is 5.80. The van der Waals surface area contributed by atoms with Gasteiger partial charge in [-0.2, -0.15) is 5.10 Å². The molecule has 3 rings (SSSR count). The lowest BCUT2D eigenvalue weighted by Crippen LogP contribution is -2.54. The molecule has 0 radical (unpaired) electrons. The number of methoxy groups -OCH3 is 1. The SMILES string of the molecule is COCCN1C(=O)CO[C@H]2CN(C(=O)Cn3cc(Cl)cn3)C[C@@H]21. The van der Waals surface area contributed by atoms with Gasteiger partial charge in [-0.25, -0.2) is 0 Å². The number of fused-ring (bicyclic) bond motifs is 1. The zero-order valence-electron chi connectivity index (χ0n) is 12.9. The van der Waals surface area contributed by atoms with Gasteiger partial charge in [-0.15, -0.1) is 0 Å². The lowest BCUT2D eigenvalue weighted by molar-refractivity contribution is -0.153. The maximum Gasteiger partial charge on any atom is 0.249 e. The van der Waals surface area contributed by atoms with E-state index in [-0.39, 0.29) is 37.1 Å². The molecular weight excluding hydrogens is 324 g/mol. The second-order valence-electron chi connectivity index (χ2n) is 5.65. The van der Waals surface area contributed by atoms with Crippen molar-refractivity contribution in [2.75, 3.05) is 40.0 Å². The highest BCUT2D eigenvalue weighted by Crippen LogP contribution is 2.23. The first-order chi connectivity index (χ1) is 11.1. The Bertz CT molecular complexity index is 593. The van der Waals surface area contributed by atoms with Crippen molar-refractivity contribution in [3.63, 3.8) is 0 Å². The minimum absolute atomic E-state index is 0.0572. The molecule has 2 atom stereocenters. The summed E-state index contributed by atoms with van der Waals surface area (Å²) < 4.78 is 12.1. The van der Waals surface area contributed by atoms with Crippen molar-refractivity contribution >= 4 is 23.4 Å². The third-order valence-corrected chi connectivity index (χ3v) is 4.36. The summed E-state index contributed by atoms with van der Waals surface area (Å²) in [6, 6.07) is -0.114. The van der Waals surface area contributed by atoms with Crippen LogP contribution in [0.3, 0.4) is 0 Å². The zero-order valence-corrected chi connectivity index (χ0v) is 13.6. The molecule has 2 amide bonds. The van der Waals surface area contributed by atoms with E-state index in [1.54, 1.807) is 23.1 Å². The number of nitrogens with zero attached hydrogens (tertiary/aromatic N) is 4. The number of carbonyl (C=O) groups excluding carboxylic acids is 2. The van der Waals surface area contributed by atoms with E-state index in [0.717, 1.165) is 0 Å². The molecule has 1 aromatic heterocycles. The maximum absolute atomic E-state index is 12.4. The third-order valence-electron chi connectivity index (χ3n) is 4.17. The first kappa shape index (κ1) is 16.2. The van der Waals surface area contributed by atoms with Crippen LogP contribution in [0.25, 0.3) is 0 Å². The van der Waals surface area contributed by atoms with E-state index < -0.39 is 0 Å². The Morgan fingerprint density at radius 1 is 1.52 bits per heavy atom. The van der Waals surface area contributed by atoms with Crippen molar-refractivity contribution in [2.45, 2.75) is 18.7 Å². The predicted molar refractivity (Wildman–Crippen MR) is 80.9 cm³/mol. The molecule has 8 nitrogen and oxygen atoms in total. The summed E-state index contributed by atoms with van der Waals surface area (Å²) in [5, 5.41) is 4.50. The zero-order chi connectivity index (χ0) is 16.4. The molecule has 0 unspecified atom stereocenters. The summed E-state index contributed by atoms with van der Waals surface area (Å²) in [7, 11) is 1.60. The number of likely N-dealkylation sites (tertiary alicyclic amines) is 1. The molecule has 2 aliphatic heterocycles. The van der Waals surface area contributed by atoms with Crippen molar-refractivity contribution < 1.29 is 19.1 Å². The third kappa shape index (κ3) is 3.49. The monoisotopic (exact) mass is 342 g/mol. The van der Waals surface area contributed by atoms with Gasteiger partial charge in [0.05, 0.1) is 30.0 Å². The lowest BCUT2D eigenvalue weighted by Gasteiger charge is -2.36. The second-order valence-corrected chi connectivity index (χ2v) is 6.09. The molecule has 126 valence electrons. The van der Waals surface area contributed by atoms with Gasteiger partial charge in [0.1, 0.15) is 13.2 Å². The Balaban J connectivity index is 1.63. The fourth-order valence-electron chi connectivity index (χ4n) is 3.01. The average Bonchev–Trinajstić information content (AvgIpc) is 3.12. The molecule has 1 aromatic rings. The van der Waals surface area contributed by atoms with Gasteiger partial charge in [-0.3, -0.25) is 14.3 Å². The number of ether oxygens (including phenoxy) is 2. The standard InChI is InChI=1S/C14H19ClN4O4/c1-22-3-2-19-11-6-17(7-12(11)23-9-14(19)21)13(20)8-18-5-10(15)4-16-18/h4-5,11-12H,2-3,6-9H2,1H3/t11-,12-/m0/s1. The van der Waals surface area contributed by atoms with Crippen LogP contribution in [0.5, 0.6) is 0 Å². The van der Waals surface area contributed by atoms with E-state index in [9.17, 15) is 9.59 Å². The van der Waals surface area contributed by atoms with E-state index >= 15 is 0 Å². The van der Waals surface area contributed by atoms with Crippen molar-refractivity contribution in [3.05, 3.63) is 17.4 Å². The summed E-state index contributed by atoms with van der Waals surface area (Å²) in [5.41, 5.74) is 0. The highest BCUT2D eigenvalue weighted by Gasteiger charge is 2.44. The first-order valence-corrected chi connectivity index (χ1v) is 7.82. The van der Waals surface area contributed by atoms with Crippen LogP contribution in [0.1, 0.15) is 0 Å². The number of amides is 2. The van der Waals surface area contributed by atoms with Gasteiger partial charge in [0.2, 0.25) is 11.8 Å². The molecule has 0 N–H and O–H groups in total. The van der Waals surface area contributed by atoms with Gasteiger partial charge in [0, 0.05) is 32.9 Å². The van der Waals surface area contributed by atoms with Crippen LogP contribution in [-0.4, -0.2) is 83.5 Å². The molecule has 3 heterocycles. The number of hydrogen-bond donors (Lipinski definition) is 0. The minimum atomic E-state index is -0.144. The van der Waals surface area contributed by atoms with Crippen LogP contribution >= 0.6 is 11.6 Å². The fraction of sp³-hybridized carbons (Fsp3) is 0.643. The molecule has 9 heteroatoms. The van der Waals surface area contributed by atoms with Crippen LogP contribution in [0.2, 0.25) is 5.02 Å². The van der Waals surface area contributed by atoms with Gasteiger partial charge >= 0.3 is 0 Å². The summed E-state index contributed by atoms with van der Waals surface area (Å²) in [6.07, 6.45) is 2.95. The van der Waals surface area contributed by atoms with Gasteiger partial charge in [-0.05, 0) is 0 Å². The number of aromatic nitrogens is 2. The number of carbonyl (C=O) groups is 2. The summed E-state index contributed by atoms with van der Waals surface area (Å²) in [6.45, 7) is 2.11. The minimum Gasteiger partial charge on any atom is -0.383 e. The molecule has 0 aromatic carbocycles. The summed E-state index contributed by atoms with van der Waals surface area (Å²) in [4.78, 5) is 27.9. The van der Waals surface area contributed by atoms with Gasteiger partial charge in [-0.1, -0.05) is 11.6 Å². The highest BCUT2D eigenvalue weighted by molar-refractivity contribution is 6.30. The van der Waals surface area contributed by atoms with Crippen LogP contribution < -0.4 is 0 Å². The molecule has 2 saturated heterocycles. The van der Waals surface area contributed by atoms with E-state index in [4.69, 9.17) is 21.1 Å². The molecule has 2 fully saturated rings. The first-order valence-electron chi connectivity index (χ1n) is 7.44. The highest BCUT2D eigenvalue weighted by atomic mass is 35.5. The normalized spacial score (nSPS) is 24.2. The van der Waals surface area contributed by atoms with E-state index in [2.05, 4.69) is 5.10 Å². The molecule has 0 bridgehead atoms. The quantitative estimate of drug-likeness (QED) is 0.729. The van der Waals surface area contributed by atoms with Crippen molar-refractivity contribution in [1.82, 2.24) is 19.6 Å². The predicted octanol–water partition coefficient (Wildman–Crippen LogP) is -0.379. The fourth-order valence-corrected chi connectivity index (χ4v) is 3.17. The summed E-state index contributed by atoms with van der Waals surface area (Å²) in [5.74, 6) is -0.127. The molecule has 0 spiro atoms. The van der Waals surface area contributed by atoms with Crippen LogP contribution in [0.4, 0.5) is 0 Å². The molecule has 0 aliphatic carbocycles. The number of morpholine rings is 1. The van der Waals surface area contributed by atoms with E-state index in [1.807, 2.05) is 0 Å². The number of hydrogen-bond acceptors (Lipinski definition) is 5. The number of halogens is 1. The van der Waals surface area contributed by atoms with Crippen LogP contribution in [0, 0.1) is 0 Å². The Kier molecular flexibility index (Phi) is 4.84. The Morgan fingerprint density at radius 2 is 2.35 bits per heavy atom. The molecule has 23 heavy (non-hydrogen) atoms. The van der Waals surface area contributed by atoms with Gasteiger partial charge in [0.15, 0.2) is 0 Å². The molecule has 2 aliphatic rings. The van der Waals surface area contributed by atoms with E-state index in [0.29, 0.717) is 31.3 Å². The van der Waals surface area contributed by atoms with Gasteiger partial charge in [0.25, 0.3) is 0 Å². The van der Waals surface area contributed by atoms with Crippen molar-refractivity contribution in [1.29, 1.82) is 0 Å². The van der Waals surface area contributed by atoms with Crippen molar-refractivity contribution in [3.8, 4) is 0 Å². The average molecular weight is 343 g/mol. The Morgan fingerprint density at radius 3 is 3.04 bits per heavy atom. The number of rotatable bonds is 5. The van der Waals surface area contributed by atoms with Crippen LogP contribution in [-0.2, 0) is 25.6 Å². The van der Waals surface area contributed by atoms with Crippen LogP contribution in [0.15, 0.2) is 12.4 Å². The maximum atomic E-state index is 12.4. The largest absolute Gasteiger partial charge is 0.383 e. The van der Waals surface area contributed by atoms with Crippen molar-refractivity contribution in [2.24, 2.45) is 0 Å². The topological polar surface area (TPSA) is 76.9 Å². The molecule has 0 saturated carbocycles. The lowest BCUT2D eigenvalue weighted by atomic mass is 10.1. The van der Waals surface area contributed by atoms with Gasteiger partial charge < -0.3 is 19.3 Å². The Hall–Kier alpha value is -1.64. The molecular formula is C14H19ClN4O4.